The molecule has 0 radical (unpaired) electrons. The summed E-state index contributed by atoms with van der Waals surface area (Å²) in [6.07, 6.45) is 11.1. The van der Waals surface area contributed by atoms with Crippen LogP contribution in [0.15, 0.2) is 42.0 Å². The van der Waals surface area contributed by atoms with Gasteiger partial charge in [-0.1, -0.05) is 48.4 Å². The lowest BCUT2D eigenvalue weighted by Gasteiger charge is -2.54. The summed E-state index contributed by atoms with van der Waals surface area (Å²) in [5, 5.41) is 2.82. The number of amides is 4. The van der Waals surface area contributed by atoms with Crippen LogP contribution < -0.4 is 5.32 Å². The molecule has 7 heteroatoms. The third-order valence-corrected chi connectivity index (χ3v) is 9.20. The summed E-state index contributed by atoms with van der Waals surface area (Å²) in [6, 6.07) is 9.86. The second-order valence-corrected chi connectivity index (χ2v) is 11.4. The van der Waals surface area contributed by atoms with Crippen LogP contribution in [-0.2, 0) is 16.0 Å². The Bertz CT molecular complexity index is 1040. The van der Waals surface area contributed by atoms with Crippen molar-refractivity contribution < 1.29 is 14.4 Å². The summed E-state index contributed by atoms with van der Waals surface area (Å²) in [5.41, 5.74) is 2.58. The molecule has 4 saturated heterocycles. The fourth-order valence-electron chi connectivity index (χ4n) is 7.53. The van der Waals surface area contributed by atoms with Crippen LogP contribution in [0.2, 0.25) is 0 Å². The van der Waals surface area contributed by atoms with Gasteiger partial charge in [-0.25, -0.2) is 4.79 Å². The molecule has 1 aliphatic carbocycles. The molecule has 1 aromatic carbocycles. The molecule has 192 valence electrons. The number of nitrogens with one attached hydrogen (secondary N) is 1. The van der Waals surface area contributed by atoms with Gasteiger partial charge in [0.15, 0.2) is 0 Å². The Labute approximate surface area is 213 Å². The van der Waals surface area contributed by atoms with E-state index in [4.69, 9.17) is 0 Å². The molecular weight excluding hydrogens is 452 g/mol. The predicted octanol–water partition coefficient (Wildman–Crippen LogP) is 3.35. The Kier molecular flexibility index (Phi) is 6.59. The first-order chi connectivity index (χ1) is 17.6. The first-order valence-electron chi connectivity index (χ1n) is 14.0. The van der Waals surface area contributed by atoms with Crippen molar-refractivity contribution >= 4 is 17.8 Å². The van der Waals surface area contributed by atoms with Gasteiger partial charge in [0.2, 0.25) is 5.91 Å². The predicted molar refractivity (Wildman–Crippen MR) is 137 cm³/mol. The second kappa shape index (κ2) is 10.0. The number of nitrogens with zero attached hydrogens (tertiary/aromatic N) is 3. The van der Waals surface area contributed by atoms with Crippen LogP contribution in [0.3, 0.4) is 0 Å². The Morgan fingerprint density at radius 2 is 1.92 bits per heavy atom. The molecule has 1 N–H and O–H groups in total. The zero-order valence-corrected chi connectivity index (χ0v) is 21.1. The van der Waals surface area contributed by atoms with Crippen molar-refractivity contribution in [2.45, 2.75) is 75.9 Å². The van der Waals surface area contributed by atoms with Gasteiger partial charge in [-0.15, -0.1) is 0 Å². The third-order valence-electron chi connectivity index (χ3n) is 9.20. The van der Waals surface area contributed by atoms with Crippen molar-refractivity contribution in [3.8, 4) is 0 Å². The molecule has 4 amide bonds. The lowest BCUT2D eigenvalue weighted by Crippen LogP contribution is -2.60. The number of hydrogen-bond acceptors (Lipinski definition) is 4. The minimum absolute atomic E-state index is 0.134. The average molecular weight is 491 g/mol. The molecule has 0 spiro atoms. The summed E-state index contributed by atoms with van der Waals surface area (Å²) in [6.45, 7) is 3.48. The lowest BCUT2D eigenvalue weighted by molar-refractivity contribution is -0.136. The van der Waals surface area contributed by atoms with Crippen LogP contribution in [0.5, 0.6) is 0 Å². The van der Waals surface area contributed by atoms with Crippen molar-refractivity contribution in [2.75, 3.05) is 26.2 Å². The van der Waals surface area contributed by atoms with Gasteiger partial charge >= 0.3 is 6.03 Å². The number of likely N-dealkylation sites (tertiary alicyclic amines) is 1. The van der Waals surface area contributed by atoms with Gasteiger partial charge in [-0.2, -0.15) is 0 Å². The number of benzene rings is 1. The lowest BCUT2D eigenvalue weighted by atomic mass is 9.68. The molecule has 7 nitrogen and oxygen atoms in total. The van der Waals surface area contributed by atoms with Crippen LogP contribution >= 0.6 is 0 Å². The normalized spacial score (nSPS) is 32.0. The van der Waals surface area contributed by atoms with Crippen molar-refractivity contribution in [1.29, 1.82) is 0 Å². The number of piperidine rings is 3. The molecule has 4 heterocycles. The number of hydrogen-bond donors (Lipinski definition) is 1. The van der Waals surface area contributed by atoms with Gasteiger partial charge in [0, 0.05) is 32.1 Å². The van der Waals surface area contributed by atoms with Crippen molar-refractivity contribution in [3.63, 3.8) is 0 Å². The topological polar surface area (TPSA) is 73.0 Å². The highest BCUT2D eigenvalue weighted by atomic mass is 16.2. The molecule has 1 aromatic rings. The Hall–Kier alpha value is -2.67. The van der Waals surface area contributed by atoms with Crippen LogP contribution in [-0.4, -0.2) is 76.8 Å². The van der Waals surface area contributed by atoms with E-state index < -0.39 is 6.04 Å². The van der Waals surface area contributed by atoms with E-state index in [1.807, 2.05) is 30.3 Å². The summed E-state index contributed by atoms with van der Waals surface area (Å²) in [4.78, 5) is 45.0. The molecule has 6 rings (SSSR count). The van der Waals surface area contributed by atoms with Crippen LogP contribution in [0.4, 0.5) is 4.79 Å². The maximum Gasteiger partial charge on any atom is 0.324 e. The molecule has 5 aliphatic rings. The zero-order valence-electron chi connectivity index (χ0n) is 21.1. The first-order valence-corrected chi connectivity index (χ1v) is 14.0. The SMILES string of the molecule is O=C1NC(CCC(=O)N2CCCC3=CC4CC(CN5CCCCC45)C32)C(=O)N1CCc1ccccc1. The highest BCUT2D eigenvalue weighted by molar-refractivity contribution is 6.04. The summed E-state index contributed by atoms with van der Waals surface area (Å²) in [5.74, 6) is 1.11. The van der Waals surface area contributed by atoms with E-state index in [9.17, 15) is 14.4 Å². The van der Waals surface area contributed by atoms with Crippen molar-refractivity contribution in [3.05, 3.63) is 47.5 Å². The van der Waals surface area contributed by atoms with E-state index in [1.54, 1.807) is 0 Å². The van der Waals surface area contributed by atoms with Gasteiger partial charge in [-0.05, 0) is 68.9 Å². The second-order valence-electron chi connectivity index (χ2n) is 11.4. The molecule has 4 fully saturated rings. The number of fused-ring (bicyclic) bond motifs is 6. The quantitative estimate of drug-likeness (QED) is 0.490. The van der Waals surface area contributed by atoms with Gasteiger partial charge in [-0.3, -0.25) is 19.4 Å². The minimum Gasteiger partial charge on any atom is -0.336 e. The molecule has 2 bridgehead atoms. The van der Waals surface area contributed by atoms with E-state index in [0.29, 0.717) is 43.7 Å². The highest BCUT2D eigenvalue weighted by Gasteiger charge is 2.47. The molecule has 4 aliphatic heterocycles. The number of carbonyl (C=O) groups is 3. The van der Waals surface area contributed by atoms with E-state index in [-0.39, 0.29) is 23.9 Å². The van der Waals surface area contributed by atoms with Crippen molar-refractivity contribution in [2.24, 2.45) is 11.8 Å². The molecular formula is C29H38N4O3. The molecule has 0 saturated carbocycles. The maximum atomic E-state index is 13.5. The van der Waals surface area contributed by atoms with Crippen LogP contribution in [0.1, 0.15) is 56.9 Å². The van der Waals surface area contributed by atoms with Crippen molar-refractivity contribution in [1.82, 2.24) is 20.0 Å². The molecule has 0 aromatic heterocycles. The average Bonchev–Trinajstić information content (AvgIpc) is 3.18. The molecule has 5 unspecified atom stereocenters. The van der Waals surface area contributed by atoms with Gasteiger partial charge < -0.3 is 10.2 Å². The van der Waals surface area contributed by atoms with E-state index >= 15 is 0 Å². The Morgan fingerprint density at radius 1 is 1.06 bits per heavy atom. The largest absolute Gasteiger partial charge is 0.336 e. The smallest absolute Gasteiger partial charge is 0.324 e. The maximum absolute atomic E-state index is 13.5. The Balaban J connectivity index is 1.07. The van der Waals surface area contributed by atoms with Gasteiger partial charge in [0.1, 0.15) is 6.04 Å². The van der Waals surface area contributed by atoms with E-state index in [1.165, 1.54) is 42.7 Å². The van der Waals surface area contributed by atoms with Crippen LogP contribution in [0, 0.1) is 11.8 Å². The van der Waals surface area contributed by atoms with Gasteiger partial charge in [0.25, 0.3) is 5.91 Å². The minimum atomic E-state index is -0.600. The number of imide groups is 1. The third kappa shape index (κ3) is 4.47. The number of urea groups is 1. The first kappa shape index (κ1) is 23.7. The summed E-state index contributed by atoms with van der Waals surface area (Å²) >= 11 is 0. The summed E-state index contributed by atoms with van der Waals surface area (Å²) < 4.78 is 0. The zero-order chi connectivity index (χ0) is 24.6. The molecule has 5 atom stereocenters. The number of carbonyl (C=O) groups excluding carboxylic acids is 3. The fraction of sp³-hybridized carbons (Fsp3) is 0.621. The fourth-order valence-corrected chi connectivity index (χ4v) is 7.53. The monoisotopic (exact) mass is 490 g/mol. The molecule has 36 heavy (non-hydrogen) atoms. The van der Waals surface area contributed by atoms with Gasteiger partial charge in [0.05, 0.1) is 6.04 Å². The van der Waals surface area contributed by atoms with E-state index in [2.05, 4.69) is 21.2 Å². The standard InChI is InChI=1S/C29H38N4O3/c34-26(12-11-24-28(35)33(29(36)30-24)16-13-20-7-2-1-3-8-20)32-15-6-9-21-17-22-18-23(27(21)32)19-31-14-5-4-10-25(22)31/h1-3,7-8,17,22-25,27H,4-6,9-16,18-19H2,(H,30,36). The van der Waals surface area contributed by atoms with Crippen LogP contribution in [0.25, 0.3) is 0 Å². The Morgan fingerprint density at radius 3 is 2.78 bits per heavy atom. The number of rotatable bonds is 6. The highest BCUT2D eigenvalue weighted by Crippen LogP contribution is 2.45. The summed E-state index contributed by atoms with van der Waals surface area (Å²) in [7, 11) is 0. The van der Waals surface area contributed by atoms with E-state index in [0.717, 1.165) is 31.5 Å².